The van der Waals surface area contributed by atoms with Gasteiger partial charge in [-0.15, -0.1) is 0 Å². The average Bonchev–Trinajstić information content (AvgIpc) is 2.26. The molecule has 0 aliphatic rings. The normalized spacial score (nSPS) is 13.8. The van der Waals surface area contributed by atoms with Gasteiger partial charge in [0.1, 0.15) is 0 Å². The lowest BCUT2D eigenvalue weighted by Crippen LogP contribution is -2.17. The van der Waals surface area contributed by atoms with Crippen LogP contribution in [0.15, 0.2) is 24.3 Å². The molecule has 1 N–H and O–H groups in total. The Kier molecular flexibility index (Phi) is 5.00. The molecule has 86 valence electrons. The van der Waals surface area contributed by atoms with E-state index in [1.165, 1.54) is 0 Å². The summed E-state index contributed by atoms with van der Waals surface area (Å²) in [6.07, 6.45) is 2.57. The fourth-order valence-corrected chi connectivity index (χ4v) is 2.06. The van der Waals surface area contributed by atoms with E-state index in [0.717, 1.165) is 12.1 Å². The third-order valence-electron chi connectivity index (χ3n) is 2.24. The highest BCUT2D eigenvalue weighted by atomic mass is 32.2. The van der Waals surface area contributed by atoms with E-state index in [1.54, 1.807) is 12.3 Å². The van der Waals surface area contributed by atoms with Gasteiger partial charge in [-0.2, -0.15) is 5.26 Å². The molecule has 3 nitrogen and oxygen atoms in total. The van der Waals surface area contributed by atoms with Crippen molar-refractivity contribution in [1.29, 1.82) is 5.26 Å². The van der Waals surface area contributed by atoms with Crippen molar-refractivity contribution in [3.63, 3.8) is 0 Å². The summed E-state index contributed by atoms with van der Waals surface area (Å²) < 4.78 is 10.9. The minimum absolute atomic E-state index is 0.262. The predicted molar refractivity (Wildman–Crippen MR) is 67.8 cm³/mol. The van der Waals surface area contributed by atoms with Gasteiger partial charge in [-0.3, -0.25) is 4.21 Å². The number of benzene rings is 1. The molecule has 0 spiro atoms. The Hall–Kier alpha value is -1.34. The molecular weight excluding hydrogens is 220 g/mol. The Labute approximate surface area is 98.9 Å². The van der Waals surface area contributed by atoms with Crippen LogP contribution in [0.2, 0.25) is 0 Å². The van der Waals surface area contributed by atoms with E-state index in [0.29, 0.717) is 11.3 Å². The van der Waals surface area contributed by atoms with Gasteiger partial charge >= 0.3 is 0 Å². The van der Waals surface area contributed by atoms with Gasteiger partial charge < -0.3 is 5.32 Å². The van der Waals surface area contributed by atoms with Gasteiger partial charge in [-0.05, 0) is 31.5 Å². The second kappa shape index (κ2) is 6.29. The van der Waals surface area contributed by atoms with Gasteiger partial charge in [0, 0.05) is 34.5 Å². The minimum Gasteiger partial charge on any atom is -0.383 e. The topological polar surface area (TPSA) is 52.9 Å². The first-order valence-electron chi connectivity index (χ1n) is 5.18. The number of hydrogen-bond acceptors (Lipinski definition) is 3. The van der Waals surface area contributed by atoms with Crippen molar-refractivity contribution in [1.82, 2.24) is 0 Å². The molecule has 1 rings (SSSR count). The van der Waals surface area contributed by atoms with Crippen LogP contribution in [0.5, 0.6) is 0 Å². The van der Waals surface area contributed by atoms with Gasteiger partial charge in [-0.1, -0.05) is 6.07 Å². The second-order valence-electron chi connectivity index (χ2n) is 3.80. The molecular formula is C12H16N2OS. The summed E-state index contributed by atoms with van der Waals surface area (Å²) in [6, 6.07) is 9.74. The van der Waals surface area contributed by atoms with E-state index in [4.69, 9.17) is 5.26 Å². The number of nitrogens with zero attached hydrogens (tertiary/aromatic N) is 1. The van der Waals surface area contributed by atoms with Crippen LogP contribution >= 0.6 is 0 Å². The summed E-state index contributed by atoms with van der Waals surface area (Å²) in [5, 5.41) is 12.0. The molecule has 2 atom stereocenters. The first-order chi connectivity index (χ1) is 7.61. The van der Waals surface area contributed by atoms with E-state index in [-0.39, 0.29) is 6.04 Å². The fourth-order valence-electron chi connectivity index (χ4n) is 1.38. The van der Waals surface area contributed by atoms with Crippen LogP contribution in [0.4, 0.5) is 5.69 Å². The van der Waals surface area contributed by atoms with Gasteiger partial charge in [0.25, 0.3) is 0 Å². The Morgan fingerprint density at radius 2 is 2.31 bits per heavy atom. The highest BCUT2D eigenvalue weighted by Crippen LogP contribution is 2.12. The predicted octanol–water partition coefficient (Wildman–Crippen LogP) is 2.13. The van der Waals surface area contributed by atoms with Crippen LogP contribution in [-0.2, 0) is 10.8 Å². The lowest BCUT2D eigenvalue weighted by atomic mass is 10.2. The standard InChI is InChI=1S/C12H16N2OS/c1-10(6-7-16(2)15)14-12-5-3-4-11(8-12)9-13/h3-5,8,10,14H,6-7H2,1-2H3. The first-order valence-corrected chi connectivity index (χ1v) is 6.91. The van der Waals surface area contributed by atoms with E-state index < -0.39 is 10.8 Å². The molecule has 0 bridgehead atoms. The summed E-state index contributed by atoms with van der Waals surface area (Å²) in [5.41, 5.74) is 1.59. The zero-order valence-corrected chi connectivity index (χ0v) is 10.4. The summed E-state index contributed by atoms with van der Waals surface area (Å²) in [6.45, 7) is 2.05. The maximum absolute atomic E-state index is 10.9. The zero-order valence-electron chi connectivity index (χ0n) is 9.56. The molecule has 0 saturated heterocycles. The van der Waals surface area contributed by atoms with Crippen LogP contribution in [0.3, 0.4) is 0 Å². The van der Waals surface area contributed by atoms with Crippen molar-refractivity contribution in [2.24, 2.45) is 0 Å². The highest BCUT2D eigenvalue weighted by Gasteiger charge is 2.03. The quantitative estimate of drug-likeness (QED) is 0.852. The van der Waals surface area contributed by atoms with Crippen molar-refractivity contribution in [3.05, 3.63) is 29.8 Å². The Bertz CT molecular complexity index is 412. The minimum atomic E-state index is -0.742. The van der Waals surface area contributed by atoms with Crippen molar-refractivity contribution in [2.45, 2.75) is 19.4 Å². The number of anilines is 1. The van der Waals surface area contributed by atoms with Crippen LogP contribution in [0.1, 0.15) is 18.9 Å². The fraction of sp³-hybridized carbons (Fsp3) is 0.417. The second-order valence-corrected chi connectivity index (χ2v) is 5.36. The summed E-state index contributed by atoms with van der Waals surface area (Å²) in [4.78, 5) is 0. The van der Waals surface area contributed by atoms with Gasteiger partial charge in [0.15, 0.2) is 0 Å². The third-order valence-corrected chi connectivity index (χ3v) is 3.05. The molecule has 2 unspecified atom stereocenters. The molecule has 0 fully saturated rings. The smallest absolute Gasteiger partial charge is 0.0992 e. The van der Waals surface area contributed by atoms with E-state index in [1.807, 2.05) is 25.1 Å². The average molecular weight is 236 g/mol. The van der Waals surface area contributed by atoms with Crippen LogP contribution in [0, 0.1) is 11.3 Å². The number of rotatable bonds is 5. The maximum atomic E-state index is 10.9. The number of nitriles is 1. The highest BCUT2D eigenvalue weighted by molar-refractivity contribution is 7.84. The lowest BCUT2D eigenvalue weighted by molar-refractivity contribution is 0.678. The molecule has 0 aromatic heterocycles. The van der Waals surface area contributed by atoms with E-state index in [2.05, 4.69) is 11.4 Å². The van der Waals surface area contributed by atoms with Crippen molar-refractivity contribution in [3.8, 4) is 6.07 Å². The molecule has 0 saturated carbocycles. The Morgan fingerprint density at radius 3 is 2.94 bits per heavy atom. The largest absolute Gasteiger partial charge is 0.383 e. The Morgan fingerprint density at radius 1 is 1.56 bits per heavy atom. The summed E-state index contributed by atoms with van der Waals surface area (Å²) in [7, 11) is -0.742. The van der Waals surface area contributed by atoms with E-state index in [9.17, 15) is 4.21 Å². The summed E-state index contributed by atoms with van der Waals surface area (Å²) >= 11 is 0. The molecule has 4 heteroatoms. The van der Waals surface area contributed by atoms with Crippen molar-refractivity contribution < 1.29 is 4.21 Å². The van der Waals surface area contributed by atoms with Gasteiger partial charge in [-0.25, -0.2) is 0 Å². The van der Waals surface area contributed by atoms with Gasteiger partial charge in [0.2, 0.25) is 0 Å². The number of hydrogen-bond donors (Lipinski definition) is 1. The van der Waals surface area contributed by atoms with Crippen LogP contribution in [-0.4, -0.2) is 22.3 Å². The molecule has 1 aromatic rings. The maximum Gasteiger partial charge on any atom is 0.0992 e. The molecule has 0 aliphatic heterocycles. The molecule has 0 aliphatic carbocycles. The first kappa shape index (κ1) is 12.7. The zero-order chi connectivity index (χ0) is 12.0. The van der Waals surface area contributed by atoms with Gasteiger partial charge in [0.05, 0.1) is 11.6 Å². The van der Waals surface area contributed by atoms with E-state index >= 15 is 0 Å². The number of nitrogens with one attached hydrogen (secondary N) is 1. The molecule has 16 heavy (non-hydrogen) atoms. The SMILES string of the molecule is CC(CCS(C)=O)Nc1cccc(C#N)c1. The molecule has 1 aromatic carbocycles. The summed E-state index contributed by atoms with van der Waals surface area (Å²) in [5.74, 6) is 0.701. The van der Waals surface area contributed by atoms with Crippen LogP contribution < -0.4 is 5.32 Å². The molecule has 0 radical (unpaired) electrons. The van der Waals surface area contributed by atoms with Crippen LogP contribution in [0.25, 0.3) is 0 Å². The Balaban J connectivity index is 2.52. The van der Waals surface area contributed by atoms with Crippen molar-refractivity contribution >= 4 is 16.5 Å². The monoisotopic (exact) mass is 236 g/mol. The lowest BCUT2D eigenvalue weighted by Gasteiger charge is -2.14. The molecule has 0 heterocycles. The molecule has 0 amide bonds. The van der Waals surface area contributed by atoms with Crippen molar-refractivity contribution in [2.75, 3.05) is 17.3 Å². The third kappa shape index (κ3) is 4.45.